The molecule has 30 heavy (non-hydrogen) atoms. The maximum absolute atomic E-state index is 13.5. The summed E-state index contributed by atoms with van der Waals surface area (Å²) in [4.78, 5) is 26.4. The van der Waals surface area contributed by atoms with Gasteiger partial charge in [0.1, 0.15) is 5.82 Å². The zero-order valence-corrected chi connectivity index (χ0v) is 17.3. The van der Waals surface area contributed by atoms with E-state index in [1.807, 2.05) is 54.2 Å². The second-order valence-electron chi connectivity index (χ2n) is 7.75. The molecule has 1 aromatic heterocycles. The smallest absolute Gasteiger partial charge is 0.254 e. The lowest BCUT2D eigenvalue weighted by Crippen LogP contribution is -2.39. The van der Waals surface area contributed by atoms with Crippen molar-refractivity contribution in [2.24, 2.45) is 0 Å². The number of carbonyl (C=O) groups is 1. The van der Waals surface area contributed by atoms with Crippen molar-refractivity contribution in [3.05, 3.63) is 77.9 Å². The van der Waals surface area contributed by atoms with Crippen LogP contribution in [0, 0.1) is 5.82 Å². The third-order valence-corrected chi connectivity index (χ3v) is 5.46. The molecule has 0 saturated carbocycles. The highest BCUT2D eigenvalue weighted by molar-refractivity contribution is 5.94. The molecular formula is C24H25FN4O. The Bertz CT molecular complexity index is 1020. The Hall–Kier alpha value is -3.28. The number of carbonyl (C=O) groups excluding carboxylic acids is 1. The molecule has 0 bridgehead atoms. The van der Waals surface area contributed by atoms with Crippen LogP contribution in [0.15, 0.2) is 60.8 Å². The first-order valence-electron chi connectivity index (χ1n) is 10.2. The summed E-state index contributed by atoms with van der Waals surface area (Å²) < 4.78 is 13.5. The standard InChI is InChI=1S/C24H25FN4O/c1-28(2)24-26-16-20(17-11-13-19(25)14-12-17)22(27-24)21-10-6-7-15-29(21)23(30)18-8-4-3-5-9-18/h3-5,8-9,11-14,16,21H,6-7,10,15H2,1-2H3/t21-/m1/s1. The minimum absolute atomic E-state index is 0.00960. The van der Waals surface area contributed by atoms with E-state index in [0.29, 0.717) is 18.1 Å². The molecule has 154 valence electrons. The molecule has 1 aliphatic rings. The molecule has 1 aliphatic heterocycles. The van der Waals surface area contributed by atoms with Gasteiger partial charge in [-0.1, -0.05) is 30.3 Å². The number of piperidine rings is 1. The number of nitrogens with zero attached hydrogens (tertiary/aromatic N) is 4. The fraction of sp³-hybridized carbons (Fsp3) is 0.292. The van der Waals surface area contributed by atoms with Crippen molar-refractivity contribution in [1.82, 2.24) is 14.9 Å². The molecule has 0 N–H and O–H groups in total. The van der Waals surface area contributed by atoms with Gasteiger partial charge in [0.2, 0.25) is 5.95 Å². The summed E-state index contributed by atoms with van der Waals surface area (Å²) in [6, 6.07) is 15.5. The SMILES string of the molecule is CN(C)c1ncc(-c2ccc(F)cc2)c([C@H]2CCCCN2C(=O)c2ccccc2)n1. The van der Waals surface area contributed by atoms with Gasteiger partial charge in [-0.2, -0.15) is 0 Å². The molecule has 5 nitrogen and oxygen atoms in total. The van der Waals surface area contributed by atoms with Crippen LogP contribution in [0.5, 0.6) is 0 Å². The second kappa shape index (κ2) is 8.61. The highest BCUT2D eigenvalue weighted by atomic mass is 19.1. The van der Waals surface area contributed by atoms with Crippen LogP contribution in [-0.2, 0) is 0 Å². The van der Waals surface area contributed by atoms with Crippen molar-refractivity contribution < 1.29 is 9.18 Å². The number of rotatable bonds is 4. The van der Waals surface area contributed by atoms with Crippen LogP contribution >= 0.6 is 0 Å². The summed E-state index contributed by atoms with van der Waals surface area (Å²) in [7, 11) is 3.79. The molecule has 0 spiro atoms. The van der Waals surface area contributed by atoms with E-state index in [9.17, 15) is 9.18 Å². The van der Waals surface area contributed by atoms with Crippen LogP contribution in [0.2, 0.25) is 0 Å². The monoisotopic (exact) mass is 404 g/mol. The van der Waals surface area contributed by atoms with Crippen LogP contribution < -0.4 is 4.90 Å². The molecule has 4 rings (SSSR count). The zero-order chi connectivity index (χ0) is 21.1. The number of likely N-dealkylation sites (tertiary alicyclic amines) is 1. The maximum Gasteiger partial charge on any atom is 0.254 e. The maximum atomic E-state index is 13.5. The number of amides is 1. The minimum atomic E-state index is -0.287. The average Bonchev–Trinajstić information content (AvgIpc) is 2.79. The van der Waals surface area contributed by atoms with E-state index in [2.05, 4.69) is 4.98 Å². The number of anilines is 1. The normalized spacial score (nSPS) is 16.4. The van der Waals surface area contributed by atoms with Crippen LogP contribution in [0.1, 0.15) is 41.4 Å². The van der Waals surface area contributed by atoms with Crippen LogP contribution in [0.3, 0.4) is 0 Å². The quantitative estimate of drug-likeness (QED) is 0.632. The number of benzene rings is 2. The van der Waals surface area contributed by atoms with Crippen molar-refractivity contribution >= 4 is 11.9 Å². The summed E-state index contributed by atoms with van der Waals surface area (Å²) >= 11 is 0. The minimum Gasteiger partial charge on any atom is -0.347 e. The van der Waals surface area contributed by atoms with E-state index in [-0.39, 0.29) is 17.8 Å². The van der Waals surface area contributed by atoms with Gasteiger partial charge in [0.15, 0.2) is 0 Å². The van der Waals surface area contributed by atoms with Crippen LogP contribution in [0.4, 0.5) is 10.3 Å². The van der Waals surface area contributed by atoms with Crippen LogP contribution in [-0.4, -0.2) is 41.4 Å². The van der Waals surface area contributed by atoms with Crippen LogP contribution in [0.25, 0.3) is 11.1 Å². The Morgan fingerprint density at radius 3 is 2.50 bits per heavy atom. The van der Waals surface area contributed by atoms with Crippen molar-refractivity contribution in [2.75, 3.05) is 25.5 Å². The first-order valence-corrected chi connectivity index (χ1v) is 10.2. The van der Waals surface area contributed by atoms with Gasteiger partial charge in [-0.3, -0.25) is 4.79 Å². The molecule has 2 aromatic carbocycles. The summed E-state index contributed by atoms with van der Waals surface area (Å²) in [6.07, 6.45) is 4.60. The lowest BCUT2D eigenvalue weighted by Gasteiger charge is -2.36. The number of halogens is 1. The van der Waals surface area contributed by atoms with Gasteiger partial charge in [-0.05, 0) is 49.1 Å². The summed E-state index contributed by atoms with van der Waals surface area (Å²) in [5.41, 5.74) is 3.16. The summed E-state index contributed by atoms with van der Waals surface area (Å²) in [6.45, 7) is 0.683. The molecule has 1 saturated heterocycles. The highest BCUT2D eigenvalue weighted by Gasteiger charge is 2.32. The second-order valence-corrected chi connectivity index (χ2v) is 7.75. The first kappa shape index (κ1) is 20.0. The average molecular weight is 404 g/mol. The molecule has 0 aliphatic carbocycles. The molecule has 3 aromatic rings. The third kappa shape index (κ3) is 4.03. The van der Waals surface area contributed by atoms with Gasteiger partial charge in [0, 0.05) is 38.0 Å². The fourth-order valence-corrected chi connectivity index (χ4v) is 3.91. The van der Waals surface area contributed by atoms with E-state index in [1.165, 1.54) is 12.1 Å². The lowest BCUT2D eigenvalue weighted by molar-refractivity contribution is 0.0607. The summed E-state index contributed by atoms with van der Waals surface area (Å²) in [5.74, 6) is 0.314. The van der Waals surface area contributed by atoms with E-state index < -0.39 is 0 Å². The van der Waals surface area contributed by atoms with Crippen molar-refractivity contribution in [3.63, 3.8) is 0 Å². The van der Waals surface area contributed by atoms with Gasteiger partial charge < -0.3 is 9.80 Å². The van der Waals surface area contributed by atoms with E-state index in [4.69, 9.17) is 4.98 Å². The largest absolute Gasteiger partial charge is 0.347 e. The molecular weight excluding hydrogens is 379 g/mol. The number of hydrogen-bond acceptors (Lipinski definition) is 4. The highest BCUT2D eigenvalue weighted by Crippen LogP contribution is 2.37. The predicted molar refractivity (Wildman–Crippen MR) is 116 cm³/mol. The van der Waals surface area contributed by atoms with Gasteiger partial charge in [0.25, 0.3) is 5.91 Å². The molecule has 1 fully saturated rings. The van der Waals surface area contributed by atoms with Gasteiger partial charge in [0.05, 0.1) is 11.7 Å². The lowest BCUT2D eigenvalue weighted by atomic mass is 9.93. The Morgan fingerprint density at radius 1 is 1.07 bits per heavy atom. The third-order valence-electron chi connectivity index (χ3n) is 5.46. The fourth-order valence-electron chi connectivity index (χ4n) is 3.91. The molecule has 6 heteroatoms. The van der Waals surface area contributed by atoms with Crippen molar-refractivity contribution in [2.45, 2.75) is 25.3 Å². The topological polar surface area (TPSA) is 49.3 Å². The molecule has 0 radical (unpaired) electrons. The summed E-state index contributed by atoms with van der Waals surface area (Å²) in [5, 5.41) is 0. The zero-order valence-electron chi connectivity index (χ0n) is 17.3. The Balaban J connectivity index is 1.80. The van der Waals surface area contributed by atoms with E-state index in [0.717, 1.165) is 36.1 Å². The van der Waals surface area contributed by atoms with Crippen molar-refractivity contribution in [1.29, 1.82) is 0 Å². The molecule has 1 atom stereocenters. The number of aromatic nitrogens is 2. The first-order chi connectivity index (χ1) is 14.5. The molecule has 0 unspecified atom stereocenters. The molecule has 2 heterocycles. The van der Waals surface area contributed by atoms with E-state index >= 15 is 0 Å². The van der Waals surface area contributed by atoms with E-state index in [1.54, 1.807) is 18.3 Å². The Kier molecular flexibility index (Phi) is 5.74. The van der Waals surface area contributed by atoms with Gasteiger partial charge in [-0.15, -0.1) is 0 Å². The Morgan fingerprint density at radius 2 is 1.80 bits per heavy atom. The predicted octanol–water partition coefficient (Wildman–Crippen LogP) is 4.72. The van der Waals surface area contributed by atoms with Crippen molar-refractivity contribution in [3.8, 4) is 11.1 Å². The van der Waals surface area contributed by atoms with Gasteiger partial charge in [-0.25, -0.2) is 14.4 Å². The number of hydrogen-bond donors (Lipinski definition) is 0. The molecule has 1 amide bonds. The van der Waals surface area contributed by atoms with Gasteiger partial charge >= 0.3 is 0 Å². The Labute approximate surface area is 176 Å².